The van der Waals surface area contributed by atoms with E-state index in [-0.39, 0.29) is 12.7 Å². The number of hydrogen-bond acceptors (Lipinski definition) is 4. The minimum atomic E-state index is 0.0333. The Labute approximate surface area is 177 Å². The van der Waals surface area contributed by atoms with Gasteiger partial charge in [-0.25, -0.2) is 0 Å². The Morgan fingerprint density at radius 2 is 1.67 bits per heavy atom. The van der Waals surface area contributed by atoms with E-state index in [9.17, 15) is 5.11 Å². The second kappa shape index (κ2) is 9.59. The van der Waals surface area contributed by atoms with E-state index in [1.807, 2.05) is 42.5 Å². The Balaban J connectivity index is 1.76. The summed E-state index contributed by atoms with van der Waals surface area (Å²) < 4.78 is 11.9. The molecule has 2 aromatic carbocycles. The number of ether oxygens (including phenoxy) is 2. The summed E-state index contributed by atoms with van der Waals surface area (Å²) in [6.45, 7) is 0.0333. The van der Waals surface area contributed by atoms with E-state index < -0.39 is 0 Å². The number of aliphatic hydroxyl groups excluding tert-OH is 1. The van der Waals surface area contributed by atoms with Crippen LogP contribution in [0.5, 0.6) is 11.5 Å². The molecule has 4 rings (SSSR count). The van der Waals surface area contributed by atoms with Crippen LogP contribution in [-0.4, -0.2) is 23.3 Å². The van der Waals surface area contributed by atoms with Gasteiger partial charge in [0.05, 0.1) is 19.8 Å². The van der Waals surface area contributed by atoms with Crippen molar-refractivity contribution in [1.82, 2.24) is 4.98 Å². The predicted octanol–water partition coefficient (Wildman–Crippen LogP) is 5.49. The molecule has 1 N–H and O–H groups in total. The zero-order valence-electron chi connectivity index (χ0n) is 17.3. The first kappa shape index (κ1) is 20.2. The Kier molecular flexibility index (Phi) is 6.45. The first-order chi connectivity index (χ1) is 14.8. The van der Waals surface area contributed by atoms with Gasteiger partial charge >= 0.3 is 0 Å². The highest BCUT2D eigenvalue weighted by atomic mass is 16.5. The highest BCUT2D eigenvalue weighted by molar-refractivity contribution is 5.92. The monoisotopic (exact) mass is 401 g/mol. The molecule has 1 fully saturated rings. The van der Waals surface area contributed by atoms with E-state index in [2.05, 4.69) is 23.2 Å². The van der Waals surface area contributed by atoms with Crippen LogP contribution < -0.4 is 9.47 Å². The largest absolute Gasteiger partial charge is 0.493 e. The number of aromatic nitrogens is 1. The number of hydrogen-bond donors (Lipinski definition) is 1. The van der Waals surface area contributed by atoms with Crippen LogP contribution in [-0.2, 0) is 6.61 Å². The third kappa shape index (κ3) is 4.71. The lowest BCUT2D eigenvalue weighted by Gasteiger charge is -2.18. The van der Waals surface area contributed by atoms with Crippen LogP contribution in [0, 0.1) is 0 Å². The molecule has 4 nitrogen and oxygen atoms in total. The normalized spacial score (nSPS) is 14.7. The Hall–Kier alpha value is -3.11. The Morgan fingerprint density at radius 3 is 2.33 bits per heavy atom. The highest BCUT2D eigenvalue weighted by Gasteiger charge is 2.19. The van der Waals surface area contributed by atoms with Gasteiger partial charge in [0.2, 0.25) is 0 Å². The van der Waals surface area contributed by atoms with Crippen LogP contribution in [0.25, 0.3) is 11.6 Å². The van der Waals surface area contributed by atoms with Gasteiger partial charge in [-0.05, 0) is 83.9 Å². The molecule has 0 saturated heterocycles. The molecule has 1 aliphatic carbocycles. The summed E-state index contributed by atoms with van der Waals surface area (Å²) in [6, 6.07) is 18.1. The molecule has 4 heteroatoms. The SMILES string of the molecule is COc1ccc(C(=Cc2ccncc2)c2ccc(CO)cc2)cc1OC1CCCC1. The standard InChI is InChI=1S/C26H27NO3/c1-29-25-11-10-22(17-26(25)30-23-4-2-3-5-23)24(16-19-12-14-27-15-13-19)21-8-6-20(18-28)7-9-21/h6-17,23,28H,2-5,18H2,1H3. The van der Waals surface area contributed by atoms with Crippen LogP contribution in [0.15, 0.2) is 67.0 Å². The lowest BCUT2D eigenvalue weighted by atomic mass is 9.95. The van der Waals surface area contributed by atoms with E-state index in [0.717, 1.165) is 52.2 Å². The summed E-state index contributed by atoms with van der Waals surface area (Å²) in [5.41, 5.74) is 5.16. The summed E-state index contributed by atoms with van der Waals surface area (Å²) in [5, 5.41) is 9.40. The number of methoxy groups -OCH3 is 1. The van der Waals surface area contributed by atoms with Gasteiger partial charge in [-0.2, -0.15) is 0 Å². The minimum Gasteiger partial charge on any atom is -0.493 e. The van der Waals surface area contributed by atoms with E-state index in [0.29, 0.717) is 0 Å². The van der Waals surface area contributed by atoms with Crippen LogP contribution in [0.2, 0.25) is 0 Å². The van der Waals surface area contributed by atoms with E-state index in [1.54, 1.807) is 19.5 Å². The van der Waals surface area contributed by atoms with Crippen molar-refractivity contribution in [2.75, 3.05) is 7.11 Å². The number of aliphatic hydroxyl groups is 1. The summed E-state index contributed by atoms with van der Waals surface area (Å²) in [6.07, 6.45) is 10.6. The Bertz CT molecular complexity index is 991. The molecule has 0 bridgehead atoms. The minimum absolute atomic E-state index is 0.0333. The van der Waals surface area contributed by atoms with Gasteiger partial charge in [-0.15, -0.1) is 0 Å². The van der Waals surface area contributed by atoms with Crippen molar-refractivity contribution in [3.8, 4) is 11.5 Å². The summed E-state index contributed by atoms with van der Waals surface area (Å²) >= 11 is 0. The first-order valence-electron chi connectivity index (χ1n) is 10.4. The van der Waals surface area contributed by atoms with Gasteiger partial charge < -0.3 is 14.6 Å². The van der Waals surface area contributed by atoms with Crippen molar-refractivity contribution in [1.29, 1.82) is 0 Å². The Morgan fingerprint density at radius 1 is 0.967 bits per heavy atom. The second-order valence-corrected chi connectivity index (χ2v) is 7.58. The smallest absolute Gasteiger partial charge is 0.162 e. The molecule has 3 aromatic rings. The van der Waals surface area contributed by atoms with Gasteiger partial charge in [0.15, 0.2) is 11.5 Å². The molecule has 1 saturated carbocycles. The molecular weight excluding hydrogens is 374 g/mol. The molecule has 0 spiro atoms. The fourth-order valence-corrected chi connectivity index (χ4v) is 3.87. The van der Waals surface area contributed by atoms with Crippen molar-refractivity contribution in [3.63, 3.8) is 0 Å². The van der Waals surface area contributed by atoms with Crippen LogP contribution in [0.4, 0.5) is 0 Å². The zero-order chi connectivity index (χ0) is 20.8. The zero-order valence-corrected chi connectivity index (χ0v) is 17.3. The quantitative estimate of drug-likeness (QED) is 0.568. The molecule has 1 aliphatic rings. The van der Waals surface area contributed by atoms with Gasteiger partial charge in [-0.3, -0.25) is 4.98 Å². The fourth-order valence-electron chi connectivity index (χ4n) is 3.87. The molecule has 0 atom stereocenters. The molecular formula is C26H27NO3. The van der Waals surface area contributed by atoms with E-state index in [4.69, 9.17) is 9.47 Å². The molecule has 1 heterocycles. The number of benzene rings is 2. The summed E-state index contributed by atoms with van der Waals surface area (Å²) in [7, 11) is 1.68. The second-order valence-electron chi connectivity index (χ2n) is 7.58. The van der Waals surface area contributed by atoms with Gasteiger partial charge in [-0.1, -0.05) is 30.3 Å². The van der Waals surface area contributed by atoms with Crippen molar-refractivity contribution in [3.05, 3.63) is 89.2 Å². The number of nitrogens with zero attached hydrogens (tertiary/aromatic N) is 1. The predicted molar refractivity (Wildman–Crippen MR) is 119 cm³/mol. The molecule has 0 aliphatic heterocycles. The molecule has 0 radical (unpaired) electrons. The molecule has 1 aromatic heterocycles. The maximum atomic E-state index is 9.40. The summed E-state index contributed by atoms with van der Waals surface area (Å²) in [5.74, 6) is 1.54. The van der Waals surface area contributed by atoms with Gasteiger partial charge in [0, 0.05) is 12.4 Å². The molecule has 30 heavy (non-hydrogen) atoms. The molecule has 154 valence electrons. The average Bonchev–Trinajstić information content (AvgIpc) is 3.31. The third-order valence-electron chi connectivity index (χ3n) is 5.54. The fraction of sp³-hybridized carbons (Fsp3) is 0.269. The number of pyridine rings is 1. The van der Waals surface area contributed by atoms with Crippen LogP contribution in [0.3, 0.4) is 0 Å². The molecule has 0 unspecified atom stereocenters. The topological polar surface area (TPSA) is 51.6 Å². The maximum Gasteiger partial charge on any atom is 0.162 e. The maximum absolute atomic E-state index is 9.40. The van der Waals surface area contributed by atoms with Crippen molar-refractivity contribution in [2.24, 2.45) is 0 Å². The van der Waals surface area contributed by atoms with E-state index in [1.165, 1.54) is 12.8 Å². The lowest BCUT2D eigenvalue weighted by Crippen LogP contribution is -2.11. The van der Waals surface area contributed by atoms with Crippen molar-refractivity contribution < 1.29 is 14.6 Å². The van der Waals surface area contributed by atoms with Crippen LogP contribution in [0.1, 0.15) is 47.9 Å². The van der Waals surface area contributed by atoms with Gasteiger partial charge in [0.1, 0.15) is 0 Å². The third-order valence-corrected chi connectivity index (χ3v) is 5.54. The first-order valence-corrected chi connectivity index (χ1v) is 10.4. The summed E-state index contributed by atoms with van der Waals surface area (Å²) in [4.78, 5) is 4.12. The van der Waals surface area contributed by atoms with Gasteiger partial charge in [0.25, 0.3) is 0 Å². The van der Waals surface area contributed by atoms with E-state index >= 15 is 0 Å². The highest BCUT2D eigenvalue weighted by Crippen LogP contribution is 2.36. The lowest BCUT2D eigenvalue weighted by molar-refractivity contribution is 0.201. The number of rotatable bonds is 7. The van der Waals surface area contributed by atoms with Crippen molar-refractivity contribution in [2.45, 2.75) is 38.4 Å². The van der Waals surface area contributed by atoms with Crippen molar-refractivity contribution >= 4 is 11.6 Å². The molecule has 0 amide bonds. The average molecular weight is 402 g/mol. The van der Waals surface area contributed by atoms with Crippen LogP contribution >= 0.6 is 0 Å².